The Morgan fingerprint density at radius 3 is 2.50 bits per heavy atom. The monoisotopic (exact) mass is 263 g/mol. The minimum absolute atomic E-state index is 0.0171. The second-order valence-corrected chi connectivity index (χ2v) is 5.86. The summed E-state index contributed by atoms with van der Waals surface area (Å²) in [7, 11) is 0. The van der Waals surface area contributed by atoms with Crippen molar-refractivity contribution in [2.45, 2.75) is 43.5 Å². The van der Waals surface area contributed by atoms with E-state index in [1.54, 1.807) is 0 Å². The number of hydrogen-bond donors (Lipinski definition) is 2. The highest BCUT2D eigenvalue weighted by Crippen LogP contribution is 2.40. The number of aliphatic hydroxyl groups excluding tert-OH is 1. The van der Waals surface area contributed by atoms with Crippen LogP contribution >= 0.6 is 15.9 Å². The Balaban J connectivity index is 2.28. The van der Waals surface area contributed by atoms with Crippen LogP contribution in [0.3, 0.4) is 0 Å². The van der Waals surface area contributed by atoms with Crippen molar-refractivity contribution in [3.63, 3.8) is 0 Å². The number of carbonyl (C=O) groups excluding carboxylic acids is 1. The predicted molar refractivity (Wildman–Crippen MR) is 59.4 cm³/mol. The molecular weight excluding hydrogens is 246 g/mol. The lowest BCUT2D eigenvalue weighted by atomic mass is 9.84. The summed E-state index contributed by atoms with van der Waals surface area (Å²) in [6.07, 6.45) is 2.45. The first-order valence-corrected chi connectivity index (χ1v) is 5.90. The van der Waals surface area contributed by atoms with Gasteiger partial charge < -0.3 is 10.4 Å². The number of amides is 1. The van der Waals surface area contributed by atoms with Gasteiger partial charge in [-0.1, -0.05) is 29.8 Å². The van der Waals surface area contributed by atoms with Crippen LogP contribution in [0.1, 0.15) is 33.1 Å². The van der Waals surface area contributed by atoms with Crippen LogP contribution in [0.4, 0.5) is 0 Å². The van der Waals surface area contributed by atoms with E-state index in [9.17, 15) is 9.90 Å². The Hall–Kier alpha value is -0.0900. The molecule has 1 fully saturated rings. The van der Waals surface area contributed by atoms with Crippen LogP contribution in [0.15, 0.2) is 0 Å². The van der Waals surface area contributed by atoms with Gasteiger partial charge in [-0.05, 0) is 25.2 Å². The third-order valence-corrected chi connectivity index (χ3v) is 3.95. The van der Waals surface area contributed by atoms with E-state index in [-0.39, 0.29) is 16.1 Å². The number of carbonyl (C=O) groups is 1. The molecule has 0 aromatic rings. The van der Waals surface area contributed by atoms with Gasteiger partial charge in [0.25, 0.3) is 0 Å². The van der Waals surface area contributed by atoms with E-state index in [0.717, 1.165) is 19.3 Å². The lowest BCUT2D eigenvalue weighted by Crippen LogP contribution is -2.49. The number of rotatable bonds is 4. The fourth-order valence-electron chi connectivity index (χ4n) is 1.31. The smallest absolute Gasteiger partial charge is 0.236 e. The van der Waals surface area contributed by atoms with E-state index in [1.807, 2.05) is 13.8 Å². The number of hydrogen-bond acceptors (Lipinski definition) is 2. The average molecular weight is 264 g/mol. The normalized spacial score (nSPS) is 21.5. The summed E-state index contributed by atoms with van der Waals surface area (Å²) in [5.41, 5.74) is 0. The average Bonchev–Trinajstić information content (AvgIpc) is 2.09. The number of halogens is 1. The van der Waals surface area contributed by atoms with E-state index in [1.165, 1.54) is 0 Å². The van der Waals surface area contributed by atoms with Crippen molar-refractivity contribution in [2.75, 3.05) is 6.54 Å². The van der Waals surface area contributed by atoms with Crippen LogP contribution in [0.5, 0.6) is 0 Å². The van der Waals surface area contributed by atoms with Gasteiger partial charge in [-0.15, -0.1) is 0 Å². The Morgan fingerprint density at radius 2 is 2.14 bits per heavy atom. The van der Waals surface area contributed by atoms with E-state index >= 15 is 0 Å². The number of alkyl halides is 1. The highest BCUT2D eigenvalue weighted by Gasteiger charge is 2.41. The molecule has 4 heteroatoms. The third kappa shape index (κ3) is 2.70. The molecule has 1 aliphatic carbocycles. The molecule has 0 aromatic carbocycles. The van der Waals surface area contributed by atoms with Crippen molar-refractivity contribution in [3.8, 4) is 0 Å². The molecule has 1 atom stereocenters. The molecule has 1 amide bonds. The molecule has 0 spiro atoms. The Kier molecular flexibility index (Phi) is 3.95. The second-order valence-electron chi connectivity index (χ2n) is 4.34. The minimum Gasteiger partial charge on any atom is -0.391 e. The second kappa shape index (κ2) is 4.62. The lowest BCUT2D eigenvalue weighted by molar-refractivity contribution is -0.125. The van der Waals surface area contributed by atoms with Crippen molar-refractivity contribution in [1.82, 2.24) is 5.32 Å². The van der Waals surface area contributed by atoms with Gasteiger partial charge in [-0.3, -0.25) is 4.79 Å². The van der Waals surface area contributed by atoms with Crippen molar-refractivity contribution in [3.05, 3.63) is 0 Å². The molecule has 14 heavy (non-hydrogen) atoms. The zero-order valence-electron chi connectivity index (χ0n) is 8.72. The standard InChI is InChI=1S/C10H18BrNO2/c1-7(2)8(13)6-12-9(14)10(11)4-3-5-10/h7-8,13H,3-6H2,1-2H3,(H,12,14). The van der Waals surface area contributed by atoms with Crippen molar-refractivity contribution in [1.29, 1.82) is 0 Å². The Bertz CT molecular complexity index is 214. The minimum atomic E-state index is -0.449. The molecule has 82 valence electrons. The summed E-state index contributed by atoms with van der Waals surface area (Å²) < 4.78 is -0.344. The van der Waals surface area contributed by atoms with Crippen LogP contribution in [-0.2, 0) is 4.79 Å². The molecule has 1 rings (SSSR count). The van der Waals surface area contributed by atoms with Gasteiger partial charge in [0, 0.05) is 6.54 Å². The summed E-state index contributed by atoms with van der Waals surface area (Å²) in [5.74, 6) is 0.200. The van der Waals surface area contributed by atoms with E-state index < -0.39 is 6.10 Å². The molecular formula is C10H18BrNO2. The van der Waals surface area contributed by atoms with Gasteiger partial charge in [0.05, 0.1) is 6.10 Å². The first-order valence-electron chi connectivity index (χ1n) is 5.11. The fourth-order valence-corrected chi connectivity index (χ4v) is 2.01. The summed E-state index contributed by atoms with van der Waals surface area (Å²) in [6.45, 7) is 4.22. The molecule has 0 saturated heterocycles. The van der Waals surface area contributed by atoms with Crippen LogP contribution < -0.4 is 5.32 Å². The first kappa shape index (κ1) is 12.0. The summed E-state index contributed by atoms with van der Waals surface area (Å²) in [4.78, 5) is 11.6. The zero-order chi connectivity index (χ0) is 10.8. The van der Waals surface area contributed by atoms with E-state index in [4.69, 9.17) is 0 Å². The third-order valence-electron chi connectivity index (χ3n) is 2.79. The quantitative estimate of drug-likeness (QED) is 0.755. The molecule has 0 aliphatic heterocycles. The molecule has 2 N–H and O–H groups in total. The van der Waals surface area contributed by atoms with Gasteiger partial charge in [0.1, 0.15) is 4.32 Å². The van der Waals surface area contributed by atoms with E-state index in [2.05, 4.69) is 21.2 Å². The summed E-state index contributed by atoms with van der Waals surface area (Å²) in [5, 5.41) is 12.3. The van der Waals surface area contributed by atoms with Crippen molar-refractivity contribution < 1.29 is 9.90 Å². The van der Waals surface area contributed by atoms with Gasteiger partial charge in [0.15, 0.2) is 0 Å². The number of aliphatic hydroxyl groups is 1. The van der Waals surface area contributed by atoms with Crippen molar-refractivity contribution in [2.24, 2.45) is 5.92 Å². The highest BCUT2D eigenvalue weighted by molar-refractivity contribution is 9.10. The molecule has 1 aliphatic rings. The molecule has 0 aromatic heterocycles. The van der Waals surface area contributed by atoms with Crippen LogP contribution in [0, 0.1) is 5.92 Å². The SMILES string of the molecule is CC(C)C(O)CNC(=O)C1(Br)CCC1. The maximum Gasteiger partial charge on any atom is 0.236 e. The number of nitrogens with one attached hydrogen (secondary N) is 1. The summed E-state index contributed by atoms with van der Waals surface area (Å²) >= 11 is 3.43. The largest absolute Gasteiger partial charge is 0.391 e. The Labute approximate surface area is 93.4 Å². The molecule has 3 nitrogen and oxygen atoms in total. The first-order chi connectivity index (χ1) is 6.46. The maximum absolute atomic E-state index is 11.6. The van der Waals surface area contributed by atoms with Gasteiger partial charge >= 0.3 is 0 Å². The van der Waals surface area contributed by atoms with E-state index in [0.29, 0.717) is 6.54 Å². The topological polar surface area (TPSA) is 49.3 Å². The molecule has 1 unspecified atom stereocenters. The maximum atomic E-state index is 11.6. The van der Waals surface area contributed by atoms with Crippen LogP contribution in [0.25, 0.3) is 0 Å². The van der Waals surface area contributed by atoms with Crippen LogP contribution in [0.2, 0.25) is 0 Å². The van der Waals surface area contributed by atoms with Gasteiger partial charge in [0.2, 0.25) is 5.91 Å². The van der Waals surface area contributed by atoms with Crippen LogP contribution in [-0.4, -0.2) is 28.0 Å². The predicted octanol–water partition coefficient (Wildman–Crippen LogP) is 1.44. The van der Waals surface area contributed by atoms with Gasteiger partial charge in [-0.2, -0.15) is 0 Å². The lowest BCUT2D eigenvalue weighted by Gasteiger charge is -2.34. The fraction of sp³-hybridized carbons (Fsp3) is 0.900. The zero-order valence-corrected chi connectivity index (χ0v) is 10.3. The molecule has 0 heterocycles. The van der Waals surface area contributed by atoms with Gasteiger partial charge in [-0.25, -0.2) is 0 Å². The molecule has 0 bridgehead atoms. The van der Waals surface area contributed by atoms with Crippen molar-refractivity contribution >= 4 is 21.8 Å². The molecule has 0 radical (unpaired) electrons. The highest BCUT2D eigenvalue weighted by atomic mass is 79.9. The molecule has 1 saturated carbocycles. The Morgan fingerprint density at radius 1 is 1.57 bits per heavy atom. The summed E-state index contributed by atoms with van der Waals surface area (Å²) in [6, 6.07) is 0.